The lowest BCUT2D eigenvalue weighted by Crippen LogP contribution is -2.26. The van der Waals surface area contributed by atoms with Crippen molar-refractivity contribution in [3.05, 3.63) is 6.33 Å². The number of hydrogen-bond donors (Lipinski definition) is 5. The van der Waals surface area contributed by atoms with Crippen molar-refractivity contribution in [1.29, 1.82) is 0 Å². The molecule has 0 aromatic carbocycles. The summed E-state index contributed by atoms with van der Waals surface area (Å²) < 4.78 is 12.5. The topological polar surface area (TPSA) is 179 Å². The molecule has 0 amide bonds. The third-order valence-electron chi connectivity index (χ3n) is 2.72. The van der Waals surface area contributed by atoms with E-state index in [1.807, 2.05) is 0 Å². The Balaban J connectivity index is 2.13. The molecule has 0 aliphatic rings. The molecule has 0 saturated carbocycles. The molecule has 2 aromatic heterocycles. The molecule has 0 unspecified atom stereocenters. The molecule has 0 saturated heterocycles. The lowest BCUT2D eigenvalue weighted by atomic mass is 10.2. The molecule has 20 heavy (non-hydrogen) atoms. The van der Waals surface area contributed by atoms with Gasteiger partial charge in [0.05, 0.1) is 12.5 Å². The summed E-state index contributed by atoms with van der Waals surface area (Å²) in [5, 5.41) is 0. The monoisotopic (exact) mass is 301 g/mol. The Bertz CT molecular complexity index is 667. The molecule has 2 aromatic rings. The van der Waals surface area contributed by atoms with Gasteiger partial charge in [-0.2, -0.15) is 9.97 Å². The molecule has 2 heterocycles. The number of nitrogen functional groups attached to an aromatic ring is 2. The van der Waals surface area contributed by atoms with E-state index in [4.69, 9.17) is 27.0 Å². The Labute approximate surface area is 114 Å². The smallest absolute Gasteiger partial charge is 0.327 e. The zero-order valence-corrected chi connectivity index (χ0v) is 11.4. The quantitative estimate of drug-likeness (QED) is 0.428. The first-order valence-corrected chi connectivity index (χ1v) is 7.60. The molecule has 0 spiro atoms. The van der Waals surface area contributed by atoms with E-state index >= 15 is 0 Å². The number of aryl methyl sites for hydroxylation is 1. The zero-order valence-electron chi connectivity index (χ0n) is 10.5. The molecule has 0 aliphatic carbocycles. The SMILES string of the molecule is Nc1nc(N)c2ncn(CC[C@H](N)CP(=O)(O)O)c2n1. The Morgan fingerprint density at radius 3 is 2.70 bits per heavy atom. The molecular weight excluding hydrogens is 285 g/mol. The largest absolute Gasteiger partial charge is 0.382 e. The molecule has 2 rings (SSSR count). The molecule has 0 bridgehead atoms. The molecule has 0 fully saturated rings. The second-order valence-electron chi connectivity index (χ2n) is 4.47. The van der Waals surface area contributed by atoms with Gasteiger partial charge in [-0.15, -0.1) is 0 Å². The van der Waals surface area contributed by atoms with Gasteiger partial charge in [-0.05, 0) is 6.42 Å². The highest BCUT2D eigenvalue weighted by Crippen LogP contribution is 2.35. The molecule has 0 aliphatic heterocycles. The van der Waals surface area contributed by atoms with Crippen molar-refractivity contribution in [1.82, 2.24) is 19.5 Å². The van der Waals surface area contributed by atoms with Gasteiger partial charge in [0.15, 0.2) is 11.5 Å². The van der Waals surface area contributed by atoms with E-state index in [9.17, 15) is 4.57 Å². The Morgan fingerprint density at radius 1 is 1.35 bits per heavy atom. The highest BCUT2D eigenvalue weighted by atomic mass is 31.2. The van der Waals surface area contributed by atoms with Crippen LogP contribution in [0.4, 0.5) is 11.8 Å². The van der Waals surface area contributed by atoms with Crippen molar-refractivity contribution >= 4 is 30.5 Å². The normalized spacial score (nSPS) is 13.8. The van der Waals surface area contributed by atoms with Crippen molar-refractivity contribution < 1.29 is 14.4 Å². The molecular formula is C9H16N7O3P. The Morgan fingerprint density at radius 2 is 2.05 bits per heavy atom. The summed E-state index contributed by atoms with van der Waals surface area (Å²) in [6, 6.07) is -0.621. The minimum absolute atomic E-state index is 0.0382. The first kappa shape index (κ1) is 14.7. The average molecular weight is 301 g/mol. The molecule has 11 heteroatoms. The minimum Gasteiger partial charge on any atom is -0.382 e. The Kier molecular flexibility index (Phi) is 3.91. The van der Waals surface area contributed by atoms with Crippen LogP contribution in [0.5, 0.6) is 0 Å². The van der Waals surface area contributed by atoms with E-state index in [1.54, 1.807) is 4.57 Å². The van der Waals surface area contributed by atoms with Gasteiger partial charge in [0.25, 0.3) is 0 Å². The van der Waals surface area contributed by atoms with Gasteiger partial charge in [-0.25, -0.2) is 4.98 Å². The average Bonchev–Trinajstić information content (AvgIpc) is 2.67. The predicted molar refractivity (Wildman–Crippen MR) is 73.7 cm³/mol. The predicted octanol–water partition coefficient (Wildman–Crippen LogP) is -1.11. The number of anilines is 2. The summed E-state index contributed by atoms with van der Waals surface area (Å²) >= 11 is 0. The zero-order chi connectivity index (χ0) is 14.9. The molecule has 8 N–H and O–H groups in total. The second-order valence-corrected chi connectivity index (χ2v) is 6.17. The van der Waals surface area contributed by atoms with Crippen LogP contribution in [0.1, 0.15) is 6.42 Å². The third kappa shape index (κ3) is 3.42. The maximum atomic E-state index is 10.8. The van der Waals surface area contributed by atoms with Gasteiger partial charge in [-0.3, -0.25) is 4.57 Å². The van der Waals surface area contributed by atoms with Crippen LogP contribution in [-0.2, 0) is 11.1 Å². The Hall–Kier alpha value is -1.74. The lowest BCUT2D eigenvalue weighted by Gasteiger charge is -2.12. The molecule has 0 radical (unpaired) electrons. The first-order chi connectivity index (χ1) is 9.26. The van der Waals surface area contributed by atoms with Crippen LogP contribution in [0.15, 0.2) is 6.33 Å². The van der Waals surface area contributed by atoms with E-state index in [0.29, 0.717) is 24.1 Å². The summed E-state index contributed by atoms with van der Waals surface area (Å²) in [5.41, 5.74) is 17.8. The van der Waals surface area contributed by atoms with E-state index in [1.165, 1.54) is 6.33 Å². The fourth-order valence-electron chi connectivity index (χ4n) is 1.85. The summed E-state index contributed by atoms with van der Waals surface area (Å²) in [7, 11) is -4.11. The van der Waals surface area contributed by atoms with Crippen molar-refractivity contribution in [3.8, 4) is 0 Å². The number of imidazole rings is 1. The van der Waals surface area contributed by atoms with Crippen molar-refractivity contribution in [3.63, 3.8) is 0 Å². The summed E-state index contributed by atoms with van der Waals surface area (Å²) in [5.74, 6) is 0.224. The van der Waals surface area contributed by atoms with Crippen LogP contribution in [0, 0.1) is 0 Å². The van der Waals surface area contributed by atoms with E-state index in [0.717, 1.165) is 0 Å². The number of nitrogens with zero attached hydrogens (tertiary/aromatic N) is 4. The molecule has 1 atom stereocenters. The fourth-order valence-corrected chi connectivity index (χ4v) is 2.64. The fraction of sp³-hybridized carbons (Fsp3) is 0.444. The van der Waals surface area contributed by atoms with Crippen molar-refractivity contribution in [2.24, 2.45) is 5.73 Å². The van der Waals surface area contributed by atoms with Crippen LogP contribution in [0.2, 0.25) is 0 Å². The van der Waals surface area contributed by atoms with Crippen LogP contribution >= 0.6 is 7.60 Å². The van der Waals surface area contributed by atoms with Gasteiger partial charge >= 0.3 is 7.60 Å². The maximum absolute atomic E-state index is 10.8. The summed E-state index contributed by atoms with van der Waals surface area (Å²) in [4.78, 5) is 29.6. The van der Waals surface area contributed by atoms with Gasteiger partial charge in [0, 0.05) is 12.6 Å². The van der Waals surface area contributed by atoms with Crippen molar-refractivity contribution in [2.75, 3.05) is 17.6 Å². The van der Waals surface area contributed by atoms with E-state index < -0.39 is 13.6 Å². The lowest BCUT2D eigenvalue weighted by molar-refractivity contribution is 0.366. The van der Waals surface area contributed by atoms with Crippen LogP contribution in [0.3, 0.4) is 0 Å². The first-order valence-electron chi connectivity index (χ1n) is 5.80. The summed E-state index contributed by atoms with van der Waals surface area (Å²) in [6.45, 7) is 0.396. The van der Waals surface area contributed by atoms with Gasteiger partial charge < -0.3 is 31.6 Å². The van der Waals surface area contributed by atoms with Gasteiger partial charge in [0.1, 0.15) is 5.52 Å². The number of hydrogen-bond acceptors (Lipinski definition) is 7. The highest BCUT2D eigenvalue weighted by Gasteiger charge is 2.19. The van der Waals surface area contributed by atoms with Crippen LogP contribution < -0.4 is 17.2 Å². The number of fused-ring (bicyclic) bond motifs is 1. The van der Waals surface area contributed by atoms with Gasteiger partial charge in [-0.1, -0.05) is 0 Å². The number of aromatic nitrogens is 4. The molecule has 110 valence electrons. The highest BCUT2D eigenvalue weighted by molar-refractivity contribution is 7.51. The minimum atomic E-state index is -4.11. The van der Waals surface area contributed by atoms with E-state index in [-0.39, 0.29) is 17.9 Å². The van der Waals surface area contributed by atoms with E-state index in [2.05, 4.69) is 15.0 Å². The maximum Gasteiger partial charge on any atom is 0.327 e. The van der Waals surface area contributed by atoms with Crippen LogP contribution in [-0.4, -0.2) is 41.5 Å². The molecule has 10 nitrogen and oxygen atoms in total. The van der Waals surface area contributed by atoms with Crippen LogP contribution in [0.25, 0.3) is 11.2 Å². The summed E-state index contributed by atoms with van der Waals surface area (Å²) in [6.07, 6.45) is 1.51. The standard InChI is InChI=1S/C9H16N7O3P/c10-5(3-20(17,18)19)1-2-16-4-13-6-7(11)14-9(12)15-8(6)16/h4-5H,1-3,10H2,(H2,17,18,19)(H4,11,12,14,15)/t5-/m0/s1. The second kappa shape index (κ2) is 5.33. The van der Waals surface area contributed by atoms with Crippen molar-refractivity contribution in [2.45, 2.75) is 19.0 Å². The third-order valence-corrected chi connectivity index (χ3v) is 3.67. The number of nitrogens with two attached hydrogens (primary N) is 3. The van der Waals surface area contributed by atoms with Gasteiger partial charge in [0.2, 0.25) is 5.95 Å². The number of rotatable bonds is 5.